The lowest BCUT2D eigenvalue weighted by Crippen LogP contribution is -2.72. The number of aliphatic hydroxyl groups is 2. The summed E-state index contributed by atoms with van der Waals surface area (Å²) in [4.78, 5) is 16.4. The summed E-state index contributed by atoms with van der Waals surface area (Å²) in [5, 5.41) is 29.4. The molecular weight excluding hydrogens is 1070 g/mol. The van der Waals surface area contributed by atoms with Crippen LogP contribution in [0.4, 0.5) is 0 Å². The Morgan fingerprint density at radius 2 is 0.854 bits per heavy atom. The van der Waals surface area contributed by atoms with E-state index in [1.807, 2.05) is 128 Å². The molecule has 8 aromatic carbocycles. The highest BCUT2D eigenvalue weighted by Crippen LogP contribution is 2.45. The molecule has 0 bridgehead atoms. The highest BCUT2D eigenvalue weighted by molar-refractivity contribution is 7.01. The number of benzene rings is 8. The maximum absolute atomic E-state index is 16.4. The van der Waals surface area contributed by atoms with Crippen LogP contribution < -0.4 is 50.1 Å². The van der Waals surface area contributed by atoms with Crippen molar-refractivity contribution >= 4 is 67.0 Å². The zero-order chi connectivity index (χ0) is 58.2. The summed E-state index contributed by atoms with van der Waals surface area (Å²) in [6.07, 6.45) is -6.59. The molecule has 1 saturated heterocycles. The molecule has 422 valence electrons. The van der Waals surface area contributed by atoms with Gasteiger partial charge in [0, 0.05) is 5.56 Å². The molecule has 9 nitrogen and oxygen atoms in total. The van der Waals surface area contributed by atoms with Crippen molar-refractivity contribution < 1.29 is 37.4 Å². The summed E-state index contributed by atoms with van der Waals surface area (Å²) in [5.41, 5.74) is 1.12. The lowest BCUT2D eigenvalue weighted by Gasteiger charge is -2.49. The van der Waals surface area contributed by atoms with Crippen LogP contribution in [0.5, 0.6) is 17.2 Å². The van der Waals surface area contributed by atoms with Crippen LogP contribution in [0.1, 0.15) is 74.8 Å². The van der Waals surface area contributed by atoms with E-state index in [0.29, 0.717) is 22.6 Å². The number of ether oxygens (including phenoxy) is 2. The smallest absolute Gasteiger partial charge is 0.319 e. The molecule has 5 unspecified atom stereocenters. The standard InChI is InChI=1S/C70H76O9Si3/c1-48-46-58-60(59(47-48)78-81(69(6,7)8,54-34-22-14-23-35-54)55-36-24-15-25-37-55)62(72)65(64(75-58)50-42-44-51(45-43-50)77-80(68(3,4)5,52-30-18-12-19-31-52)53-32-20-13-21-33-53)76-67-66(63(73)61(71)49(2)74-67)79-82(70(9,10)11,56-38-26-16-27-39-56)57-40-28-17-29-41-57/h12-47,49,61,63,66-67,71,73H,1-11H3. The summed E-state index contributed by atoms with van der Waals surface area (Å²) in [5.74, 6) is 0.927. The number of hydrogen-bond acceptors (Lipinski definition) is 9. The van der Waals surface area contributed by atoms with Gasteiger partial charge in [-0.25, -0.2) is 0 Å². The van der Waals surface area contributed by atoms with Crippen molar-refractivity contribution in [3.05, 3.63) is 234 Å². The summed E-state index contributed by atoms with van der Waals surface area (Å²) >= 11 is 0. The second-order valence-electron chi connectivity index (χ2n) is 24.8. The van der Waals surface area contributed by atoms with E-state index in [9.17, 15) is 10.2 Å². The van der Waals surface area contributed by atoms with Gasteiger partial charge in [-0.2, -0.15) is 0 Å². The Morgan fingerprint density at radius 3 is 1.24 bits per heavy atom. The van der Waals surface area contributed by atoms with E-state index in [-0.39, 0.29) is 21.9 Å². The molecule has 0 amide bonds. The van der Waals surface area contributed by atoms with Gasteiger partial charge in [-0.3, -0.25) is 4.79 Å². The van der Waals surface area contributed by atoms with Gasteiger partial charge < -0.3 is 37.4 Å². The maximum atomic E-state index is 16.4. The first kappa shape index (κ1) is 58.1. The predicted octanol–water partition coefficient (Wildman–Crippen LogP) is 11.4. The lowest BCUT2D eigenvalue weighted by atomic mass is 10.00. The van der Waals surface area contributed by atoms with Crippen LogP contribution in [0.15, 0.2) is 228 Å². The van der Waals surface area contributed by atoms with Crippen molar-refractivity contribution in [1.29, 1.82) is 0 Å². The van der Waals surface area contributed by atoms with Gasteiger partial charge in [-0.05, 0) is 102 Å². The normalized spacial score (nSPS) is 18.2. The Balaban J connectivity index is 1.19. The molecule has 0 aliphatic carbocycles. The van der Waals surface area contributed by atoms with Gasteiger partial charge in [0.05, 0.1) is 6.10 Å². The second-order valence-corrected chi connectivity index (χ2v) is 37.5. The fourth-order valence-corrected chi connectivity index (χ4v) is 25.8. The molecule has 2 heterocycles. The summed E-state index contributed by atoms with van der Waals surface area (Å²) in [7, 11) is -9.91. The topological polar surface area (TPSA) is 117 Å². The van der Waals surface area contributed by atoms with Gasteiger partial charge in [-0.1, -0.05) is 244 Å². The third-order valence-corrected chi connectivity index (χ3v) is 31.2. The van der Waals surface area contributed by atoms with Crippen molar-refractivity contribution in [2.24, 2.45) is 0 Å². The number of rotatable bonds is 15. The third-order valence-electron chi connectivity index (χ3n) is 16.3. The van der Waals surface area contributed by atoms with Crippen LogP contribution >= 0.6 is 0 Å². The fraction of sp³-hybridized carbons (Fsp3) is 0.271. The largest absolute Gasteiger partial charge is 0.534 e. The van der Waals surface area contributed by atoms with Crippen LogP contribution in [0, 0.1) is 6.92 Å². The SMILES string of the molecule is Cc1cc(O[Si](c2ccccc2)(c2ccccc2)C(C)(C)C)c2c(=O)c(OC3OC(C)C(O)C(O)C3O[Si](c3ccccc3)(c3ccccc3)C(C)(C)C)c(-c3ccc(O[Si](c4ccccc4)(c4ccccc4)C(C)(C)C)cc3)oc2c1. The van der Waals surface area contributed by atoms with Gasteiger partial charge in [0.25, 0.3) is 8.32 Å². The predicted molar refractivity (Wildman–Crippen MR) is 339 cm³/mol. The minimum absolute atomic E-state index is 0.123. The average Bonchev–Trinajstić information content (AvgIpc) is 3.65. The van der Waals surface area contributed by atoms with E-state index in [4.69, 9.17) is 27.2 Å². The van der Waals surface area contributed by atoms with Crippen molar-refractivity contribution in [1.82, 2.24) is 0 Å². The molecule has 9 aromatic rings. The first-order valence-electron chi connectivity index (χ1n) is 28.4. The highest BCUT2D eigenvalue weighted by Gasteiger charge is 2.57. The molecule has 1 aromatic heterocycles. The Hall–Kier alpha value is -7.14. The Kier molecular flexibility index (Phi) is 16.2. The number of aryl methyl sites for hydroxylation is 1. The molecular formula is C70H76O9Si3. The maximum Gasteiger partial charge on any atom is 0.319 e. The van der Waals surface area contributed by atoms with Crippen LogP contribution in [-0.4, -0.2) is 65.9 Å². The van der Waals surface area contributed by atoms with Gasteiger partial charge >= 0.3 is 16.6 Å². The van der Waals surface area contributed by atoms with Crippen molar-refractivity contribution in [2.45, 2.75) is 122 Å². The van der Waals surface area contributed by atoms with Crippen molar-refractivity contribution in [3.63, 3.8) is 0 Å². The van der Waals surface area contributed by atoms with E-state index in [1.165, 1.54) is 0 Å². The van der Waals surface area contributed by atoms with E-state index in [1.54, 1.807) is 6.92 Å². The first-order valence-corrected chi connectivity index (χ1v) is 34.1. The van der Waals surface area contributed by atoms with Crippen LogP contribution in [0.3, 0.4) is 0 Å². The van der Waals surface area contributed by atoms with E-state index < -0.39 is 71.2 Å². The first-order chi connectivity index (χ1) is 39.1. The Labute approximate surface area is 486 Å². The average molecular weight is 1150 g/mol. The van der Waals surface area contributed by atoms with Crippen molar-refractivity contribution in [2.75, 3.05) is 0 Å². The number of aliphatic hydroxyl groups excluding tert-OH is 2. The molecule has 0 radical (unpaired) electrons. The zero-order valence-electron chi connectivity index (χ0n) is 48.9. The minimum Gasteiger partial charge on any atom is -0.534 e. The van der Waals surface area contributed by atoms with Crippen LogP contribution in [0.25, 0.3) is 22.3 Å². The lowest BCUT2D eigenvalue weighted by molar-refractivity contribution is -0.263. The molecule has 1 fully saturated rings. The van der Waals surface area contributed by atoms with Gasteiger partial charge in [-0.15, -0.1) is 0 Å². The number of hydrogen-bond donors (Lipinski definition) is 2. The molecule has 2 N–H and O–H groups in total. The van der Waals surface area contributed by atoms with Gasteiger partial charge in [0.1, 0.15) is 40.8 Å². The molecule has 12 heteroatoms. The monoisotopic (exact) mass is 1140 g/mol. The Morgan fingerprint density at radius 1 is 0.476 bits per heavy atom. The van der Waals surface area contributed by atoms with E-state index >= 15 is 4.79 Å². The third kappa shape index (κ3) is 10.5. The van der Waals surface area contributed by atoms with E-state index in [0.717, 1.165) is 36.7 Å². The molecule has 0 saturated carbocycles. The molecule has 5 atom stereocenters. The molecule has 0 spiro atoms. The summed E-state index contributed by atoms with van der Waals surface area (Å²) < 4.78 is 43.8. The zero-order valence-corrected chi connectivity index (χ0v) is 51.9. The Bertz CT molecular complexity index is 3540. The van der Waals surface area contributed by atoms with Crippen LogP contribution in [-0.2, 0) is 9.16 Å². The molecule has 1 aliphatic rings. The van der Waals surface area contributed by atoms with E-state index in [2.05, 4.69) is 159 Å². The highest BCUT2D eigenvalue weighted by atomic mass is 28.4. The second kappa shape index (κ2) is 22.9. The van der Waals surface area contributed by atoms with Gasteiger partial charge in [0.2, 0.25) is 17.5 Å². The van der Waals surface area contributed by atoms with Crippen molar-refractivity contribution in [3.8, 4) is 28.6 Å². The fourth-order valence-electron chi connectivity index (χ4n) is 12.3. The quantitative estimate of drug-likeness (QED) is 0.0968. The van der Waals surface area contributed by atoms with Gasteiger partial charge in [0.15, 0.2) is 5.76 Å². The summed E-state index contributed by atoms with van der Waals surface area (Å²) in [6, 6.07) is 73.0. The van der Waals surface area contributed by atoms with Crippen LogP contribution in [0.2, 0.25) is 15.1 Å². The molecule has 1 aliphatic heterocycles. The summed E-state index contributed by atoms with van der Waals surface area (Å²) in [6.45, 7) is 23.4. The minimum atomic E-state index is -3.50. The molecule has 10 rings (SSSR count). The number of fused-ring (bicyclic) bond motifs is 1. The molecule has 82 heavy (non-hydrogen) atoms.